The van der Waals surface area contributed by atoms with Gasteiger partial charge in [-0.15, -0.1) is 0 Å². The van der Waals surface area contributed by atoms with Gasteiger partial charge in [0.05, 0.1) is 13.2 Å². The zero-order valence-electron chi connectivity index (χ0n) is 14.1. The minimum Gasteiger partial charge on any atom is -0.495 e. The monoisotopic (exact) mass is 416 g/mol. The van der Waals surface area contributed by atoms with Crippen LogP contribution in [-0.2, 0) is 21.4 Å². The summed E-state index contributed by atoms with van der Waals surface area (Å²) in [5.74, 6) is -0.361. The van der Waals surface area contributed by atoms with Gasteiger partial charge in [-0.1, -0.05) is 41.4 Å². The third kappa shape index (κ3) is 5.11. The Kier molecular flexibility index (Phi) is 6.88. The molecular weight excluding hydrogens is 399 g/mol. The van der Waals surface area contributed by atoms with E-state index in [0.29, 0.717) is 5.02 Å². The van der Waals surface area contributed by atoms with Gasteiger partial charge in [0.15, 0.2) is 0 Å². The highest BCUT2D eigenvalue weighted by Crippen LogP contribution is 2.27. The predicted molar refractivity (Wildman–Crippen MR) is 101 cm³/mol. The van der Waals surface area contributed by atoms with Crippen molar-refractivity contribution in [1.29, 1.82) is 0 Å². The fraction of sp³-hybridized carbons (Fsp3) is 0.235. The van der Waals surface area contributed by atoms with Crippen molar-refractivity contribution in [3.8, 4) is 5.75 Å². The Hall–Kier alpha value is -1.80. The van der Waals surface area contributed by atoms with Gasteiger partial charge in [-0.25, -0.2) is 8.42 Å². The zero-order valence-corrected chi connectivity index (χ0v) is 16.5. The van der Waals surface area contributed by atoms with Crippen molar-refractivity contribution in [3.63, 3.8) is 0 Å². The van der Waals surface area contributed by atoms with Gasteiger partial charge in [0.1, 0.15) is 10.6 Å². The van der Waals surface area contributed by atoms with Crippen molar-refractivity contribution < 1.29 is 17.9 Å². The highest BCUT2D eigenvalue weighted by molar-refractivity contribution is 7.89. The first-order chi connectivity index (χ1) is 12.2. The third-order valence-electron chi connectivity index (χ3n) is 3.55. The third-order valence-corrected chi connectivity index (χ3v) is 5.72. The van der Waals surface area contributed by atoms with E-state index < -0.39 is 22.0 Å². The molecule has 140 valence electrons. The first-order valence-electron chi connectivity index (χ1n) is 7.61. The molecule has 2 aromatic rings. The van der Waals surface area contributed by atoms with Gasteiger partial charge >= 0.3 is 0 Å². The van der Waals surface area contributed by atoms with E-state index in [0.717, 1.165) is 5.56 Å². The van der Waals surface area contributed by atoms with Crippen molar-refractivity contribution in [2.45, 2.75) is 24.4 Å². The number of hydrogen-bond donors (Lipinski definition) is 2. The molecule has 0 aromatic heterocycles. The molecule has 9 heteroatoms. The van der Waals surface area contributed by atoms with E-state index in [1.807, 2.05) is 0 Å². The zero-order chi connectivity index (χ0) is 19.3. The molecule has 1 atom stereocenters. The second-order valence-electron chi connectivity index (χ2n) is 5.45. The number of carbonyl (C=O) groups is 1. The summed E-state index contributed by atoms with van der Waals surface area (Å²) in [5.41, 5.74) is 0.731. The number of amides is 1. The molecule has 0 aliphatic carbocycles. The van der Waals surface area contributed by atoms with Crippen LogP contribution < -0.4 is 14.8 Å². The van der Waals surface area contributed by atoms with E-state index in [-0.39, 0.29) is 22.2 Å². The van der Waals surface area contributed by atoms with Gasteiger partial charge in [-0.2, -0.15) is 4.72 Å². The first kappa shape index (κ1) is 20.5. The lowest BCUT2D eigenvalue weighted by Crippen LogP contribution is -2.44. The molecule has 0 heterocycles. The number of benzene rings is 2. The first-order valence-corrected chi connectivity index (χ1v) is 9.85. The number of ether oxygens (including phenoxy) is 1. The van der Waals surface area contributed by atoms with Gasteiger partial charge in [0.25, 0.3) is 0 Å². The maximum Gasteiger partial charge on any atom is 0.245 e. The van der Waals surface area contributed by atoms with Gasteiger partial charge in [-0.3, -0.25) is 4.79 Å². The second-order valence-corrected chi connectivity index (χ2v) is 7.97. The summed E-state index contributed by atoms with van der Waals surface area (Å²) in [5, 5.41) is 3.40. The second kappa shape index (κ2) is 8.73. The standard InChI is InChI=1S/C17H18Cl2N2O4S/c1-11(17(22)20-10-12-5-3-4-6-14(12)19)21-26(23,24)16-9-13(18)7-8-15(16)25-2/h3-9,11,21H,10H2,1-2H3,(H,20,22)/t11-/m0/s1. The molecule has 2 N–H and O–H groups in total. The molecule has 0 bridgehead atoms. The van der Waals surface area contributed by atoms with Gasteiger partial charge < -0.3 is 10.1 Å². The van der Waals surface area contributed by atoms with Crippen molar-refractivity contribution in [2.75, 3.05) is 7.11 Å². The smallest absolute Gasteiger partial charge is 0.245 e. The van der Waals surface area contributed by atoms with E-state index in [4.69, 9.17) is 27.9 Å². The van der Waals surface area contributed by atoms with Crippen molar-refractivity contribution >= 4 is 39.1 Å². The Morgan fingerprint density at radius 3 is 2.54 bits per heavy atom. The average molecular weight is 417 g/mol. The van der Waals surface area contributed by atoms with Crippen LogP contribution in [0.2, 0.25) is 10.0 Å². The van der Waals surface area contributed by atoms with Crippen LogP contribution in [0.25, 0.3) is 0 Å². The van der Waals surface area contributed by atoms with E-state index in [1.54, 1.807) is 24.3 Å². The quantitative estimate of drug-likeness (QED) is 0.726. The molecule has 2 aromatic carbocycles. The van der Waals surface area contributed by atoms with Crippen molar-refractivity contribution in [2.24, 2.45) is 0 Å². The number of hydrogen-bond acceptors (Lipinski definition) is 4. The van der Waals surface area contributed by atoms with Crippen LogP contribution >= 0.6 is 23.2 Å². The van der Waals surface area contributed by atoms with E-state index in [9.17, 15) is 13.2 Å². The molecule has 2 rings (SSSR count). The summed E-state index contributed by atoms with van der Waals surface area (Å²) >= 11 is 11.9. The number of nitrogens with one attached hydrogen (secondary N) is 2. The Morgan fingerprint density at radius 2 is 1.88 bits per heavy atom. The van der Waals surface area contributed by atoms with Crippen LogP contribution in [-0.4, -0.2) is 27.5 Å². The number of rotatable bonds is 7. The summed E-state index contributed by atoms with van der Waals surface area (Å²) in [6.45, 7) is 1.63. The Morgan fingerprint density at radius 1 is 1.19 bits per heavy atom. The maximum absolute atomic E-state index is 12.6. The minimum absolute atomic E-state index is 0.130. The Labute approximate surface area is 162 Å². The van der Waals surface area contributed by atoms with Crippen LogP contribution in [0.4, 0.5) is 0 Å². The summed E-state index contributed by atoms with van der Waals surface area (Å²) < 4.78 is 32.5. The molecule has 0 saturated heterocycles. The van der Waals surface area contributed by atoms with Crippen LogP contribution in [0.15, 0.2) is 47.4 Å². The van der Waals surface area contributed by atoms with E-state index in [1.165, 1.54) is 32.2 Å². The molecule has 0 saturated carbocycles. The molecule has 1 amide bonds. The maximum atomic E-state index is 12.6. The molecule has 6 nitrogen and oxygen atoms in total. The molecule has 0 spiro atoms. The molecule has 0 unspecified atom stereocenters. The van der Waals surface area contributed by atoms with Crippen LogP contribution in [0.3, 0.4) is 0 Å². The van der Waals surface area contributed by atoms with E-state index in [2.05, 4.69) is 10.0 Å². The summed E-state index contributed by atoms with van der Waals surface area (Å²) in [4.78, 5) is 12.1. The van der Waals surface area contributed by atoms with Gasteiger partial charge in [0, 0.05) is 16.6 Å². The topological polar surface area (TPSA) is 84.5 Å². The van der Waals surface area contributed by atoms with Crippen LogP contribution in [0, 0.1) is 0 Å². The summed E-state index contributed by atoms with van der Waals surface area (Å²) in [6.07, 6.45) is 0. The number of carbonyl (C=O) groups excluding carboxylic acids is 1. The average Bonchev–Trinajstić information content (AvgIpc) is 2.60. The SMILES string of the molecule is COc1ccc(Cl)cc1S(=O)(=O)N[C@@H](C)C(=O)NCc1ccccc1Cl. The number of sulfonamides is 1. The Balaban J connectivity index is 2.08. The van der Waals surface area contributed by atoms with Crippen LogP contribution in [0.5, 0.6) is 5.75 Å². The molecule has 26 heavy (non-hydrogen) atoms. The highest BCUT2D eigenvalue weighted by atomic mass is 35.5. The fourth-order valence-corrected chi connectivity index (χ4v) is 4.02. The lowest BCUT2D eigenvalue weighted by atomic mass is 10.2. The molecule has 0 aliphatic heterocycles. The van der Waals surface area contributed by atoms with Crippen LogP contribution in [0.1, 0.15) is 12.5 Å². The molecule has 0 radical (unpaired) electrons. The summed E-state index contributed by atoms with van der Waals surface area (Å²) in [7, 11) is -2.66. The number of halogens is 2. The largest absolute Gasteiger partial charge is 0.495 e. The predicted octanol–water partition coefficient (Wildman–Crippen LogP) is 2.99. The van der Waals surface area contributed by atoms with Crippen molar-refractivity contribution in [1.82, 2.24) is 10.0 Å². The molecular formula is C17H18Cl2N2O4S. The lowest BCUT2D eigenvalue weighted by molar-refractivity contribution is -0.122. The van der Waals surface area contributed by atoms with Gasteiger partial charge in [-0.05, 0) is 36.8 Å². The Bertz CT molecular complexity index is 903. The molecule has 0 aliphatic rings. The summed E-state index contributed by atoms with van der Waals surface area (Å²) in [6, 6.07) is 10.3. The fourth-order valence-electron chi connectivity index (χ4n) is 2.19. The minimum atomic E-state index is -4.01. The van der Waals surface area contributed by atoms with Crippen molar-refractivity contribution in [3.05, 3.63) is 58.1 Å². The molecule has 0 fully saturated rings. The van der Waals surface area contributed by atoms with Gasteiger partial charge in [0.2, 0.25) is 15.9 Å². The number of methoxy groups -OCH3 is 1. The van der Waals surface area contributed by atoms with E-state index >= 15 is 0 Å². The lowest BCUT2D eigenvalue weighted by Gasteiger charge is -2.16. The normalized spacial score (nSPS) is 12.5. The highest BCUT2D eigenvalue weighted by Gasteiger charge is 2.25.